The molecule has 0 radical (unpaired) electrons. The fourth-order valence-corrected chi connectivity index (χ4v) is 3.35. The number of carbonyl (C=O) groups is 2. The normalized spacial score (nSPS) is 15.9. The molecule has 1 fully saturated rings. The van der Waals surface area contributed by atoms with E-state index in [1.165, 1.54) is 4.90 Å². The fourth-order valence-electron chi connectivity index (χ4n) is 2.36. The molecule has 0 spiro atoms. The average molecular weight is 374 g/mol. The van der Waals surface area contributed by atoms with Gasteiger partial charge in [0.05, 0.1) is 11.4 Å². The Morgan fingerprint density at radius 2 is 1.92 bits per heavy atom. The number of carbonyl (C=O) groups excluding carboxylic acids is 2. The summed E-state index contributed by atoms with van der Waals surface area (Å²) in [6, 6.07) is 14.7. The predicted octanol–water partition coefficient (Wildman–Crippen LogP) is 4.76. The Labute approximate surface area is 155 Å². The van der Waals surface area contributed by atoms with Crippen LogP contribution in [-0.4, -0.2) is 29.2 Å². The zero-order valence-corrected chi connectivity index (χ0v) is 15.1. The zero-order chi connectivity index (χ0) is 17.8. The number of rotatable bonds is 5. The van der Waals surface area contributed by atoms with E-state index < -0.39 is 0 Å². The lowest BCUT2D eigenvalue weighted by Gasteiger charge is -2.13. The maximum absolute atomic E-state index is 12.4. The summed E-state index contributed by atoms with van der Waals surface area (Å²) < 4.78 is 5.62. The highest BCUT2D eigenvalue weighted by molar-refractivity contribution is 8.18. The minimum atomic E-state index is -0.294. The molecule has 1 heterocycles. The van der Waals surface area contributed by atoms with E-state index >= 15 is 0 Å². The van der Waals surface area contributed by atoms with Gasteiger partial charge in [0, 0.05) is 5.02 Å². The van der Waals surface area contributed by atoms with Crippen LogP contribution >= 0.6 is 23.4 Å². The predicted molar refractivity (Wildman–Crippen MR) is 101 cm³/mol. The second-order valence-corrected chi connectivity index (χ2v) is 6.98. The van der Waals surface area contributed by atoms with Crippen LogP contribution in [0.15, 0.2) is 53.4 Å². The van der Waals surface area contributed by atoms with Gasteiger partial charge in [-0.3, -0.25) is 14.5 Å². The molecule has 128 valence electrons. The molecule has 4 nitrogen and oxygen atoms in total. The molecule has 2 amide bonds. The molecule has 0 aliphatic carbocycles. The lowest BCUT2D eigenvalue weighted by Crippen LogP contribution is -2.32. The molecular weight excluding hydrogens is 358 g/mol. The number of benzene rings is 2. The van der Waals surface area contributed by atoms with Crippen LogP contribution < -0.4 is 4.74 Å². The summed E-state index contributed by atoms with van der Waals surface area (Å²) in [7, 11) is 0. The van der Waals surface area contributed by atoms with Gasteiger partial charge in [-0.15, -0.1) is 0 Å². The Morgan fingerprint density at radius 1 is 1.16 bits per heavy atom. The number of ether oxygens (including phenoxy) is 1. The largest absolute Gasteiger partial charge is 0.492 e. The summed E-state index contributed by atoms with van der Waals surface area (Å²) >= 11 is 6.79. The molecule has 0 atom stereocenters. The van der Waals surface area contributed by atoms with Gasteiger partial charge in [0.1, 0.15) is 12.4 Å². The molecule has 1 aliphatic rings. The van der Waals surface area contributed by atoms with Gasteiger partial charge in [-0.25, -0.2) is 0 Å². The third-order valence-electron chi connectivity index (χ3n) is 3.61. The van der Waals surface area contributed by atoms with Crippen LogP contribution in [-0.2, 0) is 4.79 Å². The van der Waals surface area contributed by atoms with Crippen molar-refractivity contribution in [3.8, 4) is 5.75 Å². The van der Waals surface area contributed by atoms with Crippen LogP contribution in [0.25, 0.3) is 6.08 Å². The Kier molecular flexibility index (Phi) is 5.46. The van der Waals surface area contributed by atoms with Gasteiger partial charge in [-0.2, -0.15) is 0 Å². The maximum atomic E-state index is 12.4. The molecule has 0 N–H and O–H groups in total. The van der Waals surface area contributed by atoms with Crippen molar-refractivity contribution >= 4 is 40.6 Å². The first-order valence-electron chi connectivity index (χ1n) is 7.73. The van der Waals surface area contributed by atoms with Crippen molar-refractivity contribution in [1.29, 1.82) is 0 Å². The van der Waals surface area contributed by atoms with Gasteiger partial charge < -0.3 is 4.74 Å². The van der Waals surface area contributed by atoms with Gasteiger partial charge in [-0.05, 0) is 60.2 Å². The van der Waals surface area contributed by atoms with E-state index in [-0.39, 0.29) is 24.3 Å². The molecule has 0 unspecified atom stereocenters. The second-order valence-electron chi connectivity index (χ2n) is 5.55. The number of nitrogens with zero attached hydrogens (tertiary/aromatic N) is 1. The zero-order valence-electron chi connectivity index (χ0n) is 13.6. The summed E-state index contributed by atoms with van der Waals surface area (Å²) in [5.74, 6) is 0.432. The lowest BCUT2D eigenvalue weighted by atomic mass is 10.2. The van der Waals surface area contributed by atoms with Crippen LogP contribution in [0.3, 0.4) is 0 Å². The van der Waals surface area contributed by atoms with Crippen LogP contribution in [0.4, 0.5) is 4.79 Å². The Balaban J connectivity index is 1.62. The molecule has 2 aromatic rings. The van der Waals surface area contributed by atoms with Gasteiger partial charge in [0.15, 0.2) is 0 Å². The number of aryl methyl sites for hydroxylation is 1. The lowest BCUT2D eigenvalue weighted by molar-refractivity contribution is -0.123. The van der Waals surface area contributed by atoms with Crippen LogP contribution in [0.5, 0.6) is 5.75 Å². The van der Waals surface area contributed by atoms with E-state index in [4.69, 9.17) is 16.3 Å². The molecule has 25 heavy (non-hydrogen) atoms. The van der Waals surface area contributed by atoms with E-state index in [0.717, 1.165) is 28.6 Å². The highest BCUT2D eigenvalue weighted by Gasteiger charge is 2.34. The number of hydrogen-bond acceptors (Lipinski definition) is 4. The van der Waals surface area contributed by atoms with Crippen LogP contribution in [0.2, 0.25) is 5.02 Å². The van der Waals surface area contributed by atoms with Crippen LogP contribution in [0, 0.1) is 6.92 Å². The van der Waals surface area contributed by atoms with Crippen molar-refractivity contribution in [2.45, 2.75) is 6.92 Å². The average Bonchev–Trinajstić information content (AvgIpc) is 2.84. The van der Waals surface area contributed by atoms with Crippen molar-refractivity contribution < 1.29 is 14.3 Å². The molecule has 0 aromatic heterocycles. The monoisotopic (exact) mass is 373 g/mol. The standard InChI is InChI=1S/C19H16ClNO3S/c1-13-3-2-4-16(11-13)24-10-9-21-18(22)17(25-19(21)23)12-14-5-7-15(20)8-6-14/h2-8,11-12H,9-10H2,1H3/b17-12-. The van der Waals surface area contributed by atoms with Crippen molar-refractivity contribution in [1.82, 2.24) is 4.90 Å². The van der Waals surface area contributed by atoms with E-state index in [1.807, 2.05) is 31.2 Å². The molecule has 3 rings (SSSR count). The number of thioether (sulfide) groups is 1. The third kappa shape index (κ3) is 4.44. The van der Waals surface area contributed by atoms with Crippen LogP contribution in [0.1, 0.15) is 11.1 Å². The SMILES string of the molecule is Cc1cccc(OCCN2C(=O)S/C(=C\c3ccc(Cl)cc3)C2=O)c1. The summed E-state index contributed by atoms with van der Waals surface area (Å²) in [5.41, 5.74) is 1.92. The molecular formula is C19H16ClNO3S. The number of amides is 2. The fraction of sp³-hybridized carbons (Fsp3) is 0.158. The number of halogens is 1. The van der Waals surface area contributed by atoms with Gasteiger partial charge in [-0.1, -0.05) is 35.9 Å². The summed E-state index contributed by atoms with van der Waals surface area (Å²) in [6.45, 7) is 2.46. The summed E-state index contributed by atoms with van der Waals surface area (Å²) in [4.78, 5) is 26.1. The third-order valence-corrected chi connectivity index (χ3v) is 4.77. The van der Waals surface area contributed by atoms with E-state index in [1.54, 1.807) is 30.3 Å². The molecule has 0 bridgehead atoms. The van der Waals surface area contributed by atoms with Gasteiger partial charge in [0.2, 0.25) is 0 Å². The van der Waals surface area contributed by atoms with E-state index in [2.05, 4.69) is 0 Å². The van der Waals surface area contributed by atoms with Gasteiger partial charge >= 0.3 is 0 Å². The first-order chi connectivity index (χ1) is 12.0. The highest BCUT2D eigenvalue weighted by atomic mass is 35.5. The maximum Gasteiger partial charge on any atom is 0.293 e. The molecule has 0 saturated carbocycles. The minimum absolute atomic E-state index is 0.219. The van der Waals surface area contributed by atoms with Crippen molar-refractivity contribution in [3.05, 3.63) is 69.6 Å². The van der Waals surface area contributed by atoms with E-state index in [9.17, 15) is 9.59 Å². The Hall–Kier alpha value is -2.24. The minimum Gasteiger partial charge on any atom is -0.492 e. The quantitative estimate of drug-likeness (QED) is 0.708. The Morgan fingerprint density at radius 3 is 2.64 bits per heavy atom. The Bertz CT molecular complexity index is 833. The van der Waals surface area contributed by atoms with Crippen molar-refractivity contribution in [2.24, 2.45) is 0 Å². The van der Waals surface area contributed by atoms with Crippen molar-refractivity contribution in [2.75, 3.05) is 13.2 Å². The first kappa shape index (κ1) is 17.6. The van der Waals surface area contributed by atoms with E-state index in [0.29, 0.717) is 9.93 Å². The first-order valence-corrected chi connectivity index (χ1v) is 8.93. The topological polar surface area (TPSA) is 46.6 Å². The number of imide groups is 1. The molecule has 1 saturated heterocycles. The second kappa shape index (κ2) is 7.76. The summed E-state index contributed by atoms with van der Waals surface area (Å²) in [5, 5.41) is 0.344. The molecule has 6 heteroatoms. The molecule has 2 aromatic carbocycles. The molecule has 1 aliphatic heterocycles. The number of hydrogen-bond donors (Lipinski definition) is 0. The summed E-state index contributed by atoms with van der Waals surface area (Å²) in [6.07, 6.45) is 1.70. The van der Waals surface area contributed by atoms with Gasteiger partial charge in [0.25, 0.3) is 11.1 Å². The smallest absolute Gasteiger partial charge is 0.293 e. The van der Waals surface area contributed by atoms with Crippen molar-refractivity contribution in [3.63, 3.8) is 0 Å². The highest BCUT2D eigenvalue weighted by Crippen LogP contribution is 2.32.